The number of benzene rings is 1. The van der Waals surface area contributed by atoms with Crippen LogP contribution in [-0.4, -0.2) is 32.3 Å². The number of ether oxygens (including phenoxy) is 1. The molecule has 2 heterocycles. The van der Waals surface area contributed by atoms with Gasteiger partial charge < -0.3 is 10.1 Å². The smallest absolute Gasteiger partial charge is 0.263 e. The zero-order chi connectivity index (χ0) is 20.1. The highest BCUT2D eigenvalue weighted by Crippen LogP contribution is 2.15. The zero-order valence-electron chi connectivity index (χ0n) is 16.2. The van der Waals surface area contributed by atoms with Gasteiger partial charge in [0, 0.05) is 17.8 Å². The lowest BCUT2D eigenvalue weighted by Gasteiger charge is -2.10. The molecule has 0 fully saturated rings. The molecule has 2 N–H and O–H groups in total. The second kappa shape index (κ2) is 8.51. The lowest BCUT2D eigenvalue weighted by molar-refractivity contribution is -0.118. The Balaban J connectivity index is 1.77. The highest BCUT2D eigenvalue weighted by Gasteiger charge is 2.14. The van der Waals surface area contributed by atoms with E-state index in [-0.39, 0.29) is 24.0 Å². The molecule has 0 radical (unpaired) electrons. The fourth-order valence-corrected chi connectivity index (χ4v) is 2.76. The van der Waals surface area contributed by atoms with Crippen LogP contribution in [0.1, 0.15) is 30.3 Å². The molecule has 0 spiro atoms. The van der Waals surface area contributed by atoms with E-state index in [2.05, 4.69) is 20.4 Å². The van der Waals surface area contributed by atoms with Crippen LogP contribution in [0.15, 0.2) is 41.2 Å². The van der Waals surface area contributed by atoms with E-state index in [4.69, 9.17) is 4.74 Å². The first-order valence-electron chi connectivity index (χ1n) is 9.11. The van der Waals surface area contributed by atoms with Crippen molar-refractivity contribution in [2.75, 3.05) is 11.9 Å². The molecule has 0 unspecified atom stereocenters. The lowest BCUT2D eigenvalue weighted by atomic mass is 10.2. The third-order valence-electron chi connectivity index (χ3n) is 3.95. The van der Waals surface area contributed by atoms with E-state index in [1.807, 2.05) is 32.0 Å². The number of aryl methyl sites for hydroxylation is 3. The van der Waals surface area contributed by atoms with Gasteiger partial charge in [0.2, 0.25) is 5.95 Å². The molecule has 0 aliphatic carbocycles. The summed E-state index contributed by atoms with van der Waals surface area (Å²) in [4.78, 5) is 31.4. The van der Waals surface area contributed by atoms with E-state index >= 15 is 0 Å². The molecule has 0 saturated heterocycles. The molecule has 8 heteroatoms. The Morgan fingerprint density at radius 2 is 2.07 bits per heavy atom. The third kappa shape index (κ3) is 4.85. The molecule has 0 saturated carbocycles. The molecule has 28 heavy (non-hydrogen) atoms. The lowest BCUT2D eigenvalue weighted by Crippen LogP contribution is -2.23. The summed E-state index contributed by atoms with van der Waals surface area (Å²) in [6.07, 6.45) is 1.55. The molecular weight excluding hydrogens is 358 g/mol. The summed E-state index contributed by atoms with van der Waals surface area (Å²) in [5.74, 6) is 0.957. The quantitative estimate of drug-likeness (QED) is 0.655. The number of anilines is 1. The Morgan fingerprint density at radius 3 is 2.82 bits per heavy atom. The van der Waals surface area contributed by atoms with Gasteiger partial charge in [-0.3, -0.25) is 14.6 Å². The number of hydrogen-bond donors (Lipinski definition) is 2. The summed E-state index contributed by atoms with van der Waals surface area (Å²) in [6, 6.07) is 10.6. The number of carbonyl (C=O) groups excluding carboxylic acids is 1. The van der Waals surface area contributed by atoms with Crippen LogP contribution < -0.4 is 15.6 Å². The van der Waals surface area contributed by atoms with Gasteiger partial charge in [0.1, 0.15) is 11.6 Å². The summed E-state index contributed by atoms with van der Waals surface area (Å²) in [5, 5.41) is 7.09. The number of nitrogens with one attached hydrogen (secondary N) is 2. The van der Waals surface area contributed by atoms with Crippen molar-refractivity contribution >= 4 is 11.7 Å². The number of rotatable bonds is 7. The van der Waals surface area contributed by atoms with Crippen LogP contribution in [0.4, 0.5) is 5.82 Å². The molecule has 0 aliphatic heterocycles. The minimum Gasteiger partial charge on any atom is -0.484 e. The normalized spacial score (nSPS) is 10.7. The maximum atomic E-state index is 12.3. The topological polar surface area (TPSA) is 102 Å². The summed E-state index contributed by atoms with van der Waals surface area (Å²) >= 11 is 0. The molecule has 3 rings (SSSR count). The number of amides is 1. The predicted octanol–water partition coefficient (Wildman–Crippen LogP) is 2.54. The number of aromatic nitrogens is 4. The van der Waals surface area contributed by atoms with Crippen LogP contribution in [0, 0.1) is 13.8 Å². The summed E-state index contributed by atoms with van der Waals surface area (Å²) in [5.41, 5.74) is 2.14. The largest absolute Gasteiger partial charge is 0.484 e. The Kier molecular flexibility index (Phi) is 5.88. The number of nitrogens with zero attached hydrogens (tertiary/aromatic N) is 3. The first kappa shape index (κ1) is 19.3. The summed E-state index contributed by atoms with van der Waals surface area (Å²) in [6.45, 7) is 5.62. The molecule has 0 bridgehead atoms. The minimum atomic E-state index is -0.338. The molecule has 3 aromatic rings. The summed E-state index contributed by atoms with van der Waals surface area (Å²) < 4.78 is 6.95. The van der Waals surface area contributed by atoms with E-state index in [9.17, 15) is 9.59 Å². The van der Waals surface area contributed by atoms with Crippen molar-refractivity contribution in [3.8, 4) is 11.7 Å². The van der Waals surface area contributed by atoms with Crippen molar-refractivity contribution in [3.63, 3.8) is 0 Å². The van der Waals surface area contributed by atoms with E-state index in [0.29, 0.717) is 29.4 Å². The second-order valence-electron chi connectivity index (χ2n) is 6.55. The van der Waals surface area contributed by atoms with Crippen molar-refractivity contribution in [1.29, 1.82) is 0 Å². The van der Waals surface area contributed by atoms with Crippen LogP contribution >= 0.6 is 0 Å². The summed E-state index contributed by atoms with van der Waals surface area (Å²) in [7, 11) is 0. The highest BCUT2D eigenvalue weighted by atomic mass is 16.5. The number of aromatic amines is 1. The van der Waals surface area contributed by atoms with Crippen molar-refractivity contribution in [3.05, 3.63) is 63.7 Å². The van der Waals surface area contributed by atoms with E-state index in [0.717, 1.165) is 12.0 Å². The second-order valence-corrected chi connectivity index (χ2v) is 6.55. The predicted molar refractivity (Wildman–Crippen MR) is 106 cm³/mol. The molecule has 0 atom stereocenters. The molecular formula is C20H23N5O3. The SMILES string of the molecule is CCCc1cc(=O)[nH]c(-n2nc(C)cc2NC(=O)COc2cccc(C)c2)n1. The Morgan fingerprint density at radius 1 is 1.25 bits per heavy atom. The van der Waals surface area contributed by atoms with Gasteiger partial charge >= 0.3 is 0 Å². The van der Waals surface area contributed by atoms with Crippen LogP contribution in [-0.2, 0) is 11.2 Å². The van der Waals surface area contributed by atoms with Gasteiger partial charge in [-0.1, -0.05) is 25.5 Å². The first-order chi connectivity index (χ1) is 13.4. The fraction of sp³-hybridized carbons (Fsp3) is 0.300. The highest BCUT2D eigenvalue weighted by molar-refractivity contribution is 5.91. The van der Waals surface area contributed by atoms with E-state index < -0.39 is 0 Å². The maximum absolute atomic E-state index is 12.3. The van der Waals surface area contributed by atoms with Crippen molar-refractivity contribution < 1.29 is 9.53 Å². The van der Waals surface area contributed by atoms with Gasteiger partial charge in [0.25, 0.3) is 11.5 Å². The minimum absolute atomic E-state index is 0.145. The van der Waals surface area contributed by atoms with Crippen LogP contribution in [0.2, 0.25) is 0 Å². The average molecular weight is 381 g/mol. The van der Waals surface area contributed by atoms with Gasteiger partial charge in [-0.15, -0.1) is 0 Å². The molecule has 2 aromatic heterocycles. The Hall–Kier alpha value is -3.42. The van der Waals surface area contributed by atoms with E-state index in [1.165, 1.54) is 10.7 Å². The zero-order valence-corrected chi connectivity index (χ0v) is 16.2. The van der Waals surface area contributed by atoms with E-state index in [1.54, 1.807) is 19.1 Å². The Bertz CT molecular complexity index is 1040. The van der Waals surface area contributed by atoms with Gasteiger partial charge in [-0.2, -0.15) is 9.78 Å². The number of H-pyrrole nitrogens is 1. The monoisotopic (exact) mass is 381 g/mol. The Labute approximate surface area is 162 Å². The van der Waals surface area contributed by atoms with Crippen molar-refractivity contribution in [1.82, 2.24) is 19.7 Å². The van der Waals surface area contributed by atoms with Crippen LogP contribution in [0.3, 0.4) is 0 Å². The third-order valence-corrected chi connectivity index (χ3v) is 3.95. The number of hydrogen-bond acceptors (Lipinski definition) is 5. The molecule has 1 amide bonds. The molecule has 146 valence electrons. The van der Waals surface area contributed by atoms with Crippen molar-refractivity contribution in [2.24, 2.45) is 0 Å². The van der Waals surface area contributed by atoms with Crippen LogP contribution in [0.25, 0.3) is 5.95 Å². The maximum Gasteiger partial charge on any atom is 0.263 e. The average Bonchev–Trinajstić information content (AvgIpc) is 3.00. The van der Waals surface area contributed by atoms with Gasteiger partial charge in [0.05, 0.1) is 5.69 Å². The molecule has 8 nitrogen and oxygen atoms in total. The number of carbonyl (C=O) groups is 1. The standard InChI is InChI=1S/C20H23N5O3/c1-4-6-15-11-18(26)23-20(21-15)25-17(10-14(3)24-25)22-19(27)12-28-16-8-5-7-13(2)9-16/h5,7-11H,4,6,12H2,1-3H3,(H,22,27)(H,21,23,26). The van der Waals surface area contributed by atoms with Crippen molar-refractivity contribution in [2.45, 2.75) is 33.6 Å². The fourth-order valence-electron chi connectivity index (χ4n) is 2.76. The first-order valence-corrected chi connectivity index (χ1v) is 9.11. The molecule has 1 aromatic carbocycles. The molecule has 0 aliphatic rings. The van der Waals surface area contributed by atoms with Gasteiger partial charge in [0.15, 0.2) is 6.61 Å². The van der Waals surface area contributed by atoms with Gasteiger partial charge in [-0.25, -0.2) is 4.98 Å². The van der Waals surface area contributed by atoms with Gasteiger partial charge in [-0.05, 0) is 38.0 Å². The van der Waals surface area contributed by atoms with Crippen LogP contribution in [0.5, 0.6) is 5.75 Å².